The summed E-state index contributed by atoms with van der Waals surface area (Å²) >= 11 is 0. The van der Waals surface area contributed by atoms with Gasteiger partial charge in [0.2, 0.25) is 0 Å². The summed E-state index contributed by atoms with van der Waals surface area (Å²) < 4.78 is 60.1. The Kier molecular flexibility index (Phi) is 3.34. The lowest BCUT2D eigenvalue weighted by Crippen LogP contribution is -2.36. The van der Waals surface area contributed by atoms with Crippen LogP contribution in [0.1, 0.15) is 19.3 Å². The Morgan fingerprint density at radius 2 is 1.79 bits per heavy atom. The van der Waals surface area contributed by atoms with Crippen molar-refractivity contribution in [3.05, 3.63) is 0 Å². The first-order valence-corrected chi connectivity index (χ1v) is 4.48. The Morgan fingerprint density at radius 1 is 1.14 bits per heavy atom. The van der Waals surface area contributed by atoms with E-state index in [0.717, 1.165) is 0 Å². The van der Waals surface area contributed by atoms with Gasteiger partial charge in [0, 0.05) is 6.42 Å². The van der Waals surface area contributed by atoms with E-state index in [9.17, 15) is 22.0 Å². The van der Waals surface area contributed by atoms with Crippen molar-refractivity contribution < 1.29 is 22.0 Å². The largest absolute Gasteiger partial charge is 0.453 e. The maximum atomic E-state index is 12.4. The van der Waals surface area contributed by atoms with Gasteiger partial charge in [-0.3, -0.25) is 0 Å². The zero-order chi connectivity index (χ0) is 10.8. The summed E-state index contributed by atoms with van der Waals surface area (Å²) in [6.07, 6.45) is -5.88. The molecule has 0 aromatic rings. The highest BCUT2D eigenvalue weighted by Crippen LogP contribution is 2.39. The fraction of sp³-hybridized carbons (Fsp3) is 1.00. The normalized spacial score (nSPS) is 24.2. The molecule has 0 bridgehead atoms. The number of hydrogen-bond acceptors (Lipinski definition) is 1. The molecule has 1 saturated heterocycles. The molecule has 0 saturated carbocycles. The van der Waals surface area contributed by atoms with E-state index in [2.05, 4.69) is 5.32 Å². The highest BCUT2D eigenvalue weighted by Gasteiger charge is 2.56. The zero-order valence-corrected chi connectivity index (χ0v) is 7.50. The Labute approximate surface area is 78.7 Å². The van der Waals surface area contributed by atoms with Gasteiger partial charge < -0.3 is 5.32 Å². The van der Waals surface area contributed by atoms with Gasteiger partial charge in [-0.1, -0.05) is 0 Å². The first kappa shape index (κ1) is 11.7. The molecule has 1 atom stereocenters. The lowest BCUT2D eigenvalue weighted by Gasteiger charge is -2.20. The third-order valence-corrected chi connectivity index (χ3v) is 2.44. The van der Waals surface area contributed by atoms with Crippen molar-refractivity contribution in [2.24, 2.45) is 5.92 Å². The predicted molar refractivity (Wildman–Crippen MR) is 41.2 cm³/mol. The van der Waals surface area contributed by atoms with Gasteiger partial charge in [-0.05, 0) is 31.8 Å². The van der Waals surface area contributed by atoms with Crippen LogP contribution in [0.25, 0.3) is 0 Å². The Bertz CT molecular complexity index is 183. The zero-order valence-electron chi connectivity index (χ0n) is 7.50. The Hall–Kier alpha value is -0.390. The van der Waals surface area contributed by atoms with Crippen LogP contribution in [-0.2, 0) is 0 Å². The highest BCUT2D eigenvalue weighted by molar-refractivity contribution is 4.79. The van der Waals surface area contributed by atoms with E-state index >= 15 is 0 Å². The summed E-state index contributed by atoms with van der Waals surface area (Å²) in [6, 6.07) is 0. The lowest BCUT2D eigenvalue weighted by molar-refractivity contribution is -0.285. The van der Waals surface area contributed by atoms with Gasteiger partial charge in [0.25, 0.3) is 0 Å². The van der Waals surface area contributed by atoms with Gasteiger partial charge in [-0.25, -0.2) is 0 Å². The van der Waals surface area contributed by atoms with Gasteiger partial charge >= 0.3 is 12.1 Å². The van der Waals surface area contributed by atoms with E-state index in [4.69, 9.17) is 0 Å². The van der Waals surface area contributed by atoms with Crippen molar-refractivity contribution in [3.63, 3.8) is 0 Å². The minimum absolute atomic E-state index is 0.0387. The van der Waals surface area contributed by atoms with E-state index in [1.165, 1.54) is 0 Å². The summed E-state index contributed by atoms with van der Waals surface area (Å²) in [5.41, 5.74) is 0. The van der Waals surface area contributed by atoms with Crippen LogP contribution in [0.15, 0.2) is 0 Å². The first-order chi connectivity index (χ1) is 6.33. The number of rotatable bonds is 3. The molecule has 6 heteroatoms. The van der Waals surface area contributed by atoms with Crippen molar-refractivity contribution >= 4 is 0 Å². The van der Waals surface area contributed by atoms with Gasteiger partial charge in [-0.2, -0.15) is 22.0 Å². The molecule has 1 unspecified atom stereocenters. The monoisotopic (exact) mass is 217 g/mol. The van der Waals surface area contributed by atoms with Gasteiger partial charge in [0.15, 0.2) is 0 Å². The molecule has 0 spiro atoms. The van der Waals surface area contributed by atoms with E-state index in [-0.39, 0.29) is 12.3 Å². The fourth-order valence-corrected chi connectivity index (χ4v) is 1.49. The standard InChI is InChI=1S/C8H12F5N/c9-7(10,8(11,12)13)3-1-6-2-4-14-5-6/h6,14H,1-5H2. The highest BCUT2D eigenvalue weighted by atomic mass is 19.4. The van der Waals surface area contributed by atoms with Gasteiger partial charge in [-0.15, -0.1) is 0 Å². The maximum absolute atomic E-state index is 12.4. The third-order valence-electron chi connectivity index (χ3n) is 2.44. The number of alkyl halides is 5. The molecule has 0 amide bonds. The molecule has 1 fully saturated rings. The molecule has 1 heterocycles. The molecule has 0 radical (unpaired) electrons. The minimum Gasteiger partial charge on any atom is -0.316 e. The summed E-state index contributed by atoms with van der Waals surface area (Å²) in [4.78, 5) is 0. The molecule has 1 aliphatic rings. The van der Waals surface area contributed by atoms with E-state index in [1.807, 2.05) is 0 Å². The second kappa shape index (κ2) is 4.00. The molecule has 1 rings (SSSR count). The Balaban J connectivity index is 2.35. The van der Waals surface area contributed by atoms with E-state index in [0.29, 0.717) is 19.5 Å². The van der Waals surface area contributed by atoms with Crippen molar-refractivity contribution in [1.82, 2.24) is 5.32 Å². The van der Waals surface area contributed by atoms with Crippen molar-refractivity contribution in [2.75, 3.05) is 13.1 Å². The summed E-state index contributed by atoms with van der Waals surface area (Å²) in [6.45, 7) is 1.26. The van der Waals surface area contributed by atoms with Crippen molar-refractivity contribution in [3.8, 4) is 0 Å². The van der Waals surface area contributed by atoms with Gasteiger partial charge in [0.1, 0.15) is 0 Å². The number of halogens is 5. The number of hydrogen-bond donors (Lipinski definition) is 1. The predicted octanol–water partition coefficient (Wildman–Crippen LogP) is 2.57. The van der Waals surface area contributed by atoms with Crippen LogP contribution in [0.4, 0.5) is 22.0 Å². The molecule has 0 aromatic heterocycles. The quantitative estimate of drug-likeness (QED) is 0.716. The summed E-state index contributed by atoms with van der Waals surface area (Å²) in [5, 5.41) is 2.92. The van der Waals surface area contributed by atoms with Crippen LogP contribution >= 0.6 is 0 Å². The van der Waals surface area contributed by atoms with Crippen LogP contribution in [-0.4, -0.2) is 25.2 Å². The molecule has 84 valence electrons. The average Bonchev–Trinajstić information content (AvgIpc) is 2.50. The van der Waals surface area contributed by atoms with Crippen molar-refractivity contribution in [1.29, 1.82) is 0 Å². The summed E-state index contributed by atoms with van der Waals surface area (Å²) in [5.74, 6) is -4.57. The van der Waals surface area contributed by atoms with Crippen LogP contribution in [0.3, 0.4) is 0 Å². The molecular weight excluding hydrogens is 205 g/mol. The second-order valence-corrected chi connectivity index (χ2v) is 3.60. The minimum atomic E-state index is -5.40. The van der Waals surface area contributed by atoms with Crippen LogP contribution in [0.2, 0.25) is 0 Å². The lowest BCUT2D eigenvalue weighted by atomic mass is 10.00. The van der Waals surface area contributed by atoms with E-state index in [1.54, 1.807) is 0 Å². The van der Waals surface area contributed by atoms with E-state index < -0.39 is 18.5 Å². The van der Waals surface area contributed by atoms with Crippen LogP contribution < -0.4 is 5.32 Å². The maximum Gasteiger partial charge on any atom is 0.453 e. The molecular formula is C8H12F5N. The third kappa shape index (κ3) is 2.80. The molecule has 1 nitrogen and oxygen atoms in total. The smallest absolute Gasteiger partial charge is 0.316 e. The SMILES string of the molecule is FC(F)(F)C(F)(F)CCC1CCNC1. The topological polar surface area (TPSA) is 12.0 Å². The summed E-state index contributed by atoms with van der Waals surface area (Å²) in [7, 11) is 0. The average molecular weight is 217 g/mol. The van der Waals surface area contributed by atoms with Gasteiger partial charge in [0.05, 0.1) is 0 Å². The Morgan fingerprint density at radius 3 is 2.21 bits per heavy atom. The first-order valence-electron chi connectivity index (χ1n) is 4.48. The van der Waals surface area contributed by atoms with Crippen molar-refractivity contribution in [2.45, 2.75) is 31.4 Å². The molecule has 1 N–H and O–H groups in total. The molecule has 14 heavy (non-hydrogen) atoms. The second-order valence-electron chi connectivity index (χ2n) is 3.60. The van der Waals surface area contributed by atoms with Crippen LogP contribution in [0.5, 0.6) is 0 Å². The molecule has 1 aliphatic heterocycles. The molecule has 0 aliphatic carbocycles. The fourth-order valence-electron chi connectivity index (χ4n) is 1.49. The number of nitrogens with one attached hydrogen (secondary N) is 1. The molecule has 0 aromatic carbocycles. The van der Waals surface area contributed by atoms with Crippen LogP contribution in [0, 0.1) is 5.92 Å².